The molecule has 28 heavy (non-hydrogen) atoms. The maximum absolute atomic E-state index is 12.0. The van der Waals surface area contributed by atoms with E-state index in [1.165, 1.54) is 6.07 Å². The summed E-state index contributed by atoms with van der Waals surface area (Å²) in [7, 11) is 0. The minimum absolute atomic E-state index is 0.0103. The molecule has 2 N–H and O–H groups in total. The topological polar surface area (TPSA) is 120 Å². The van der Waals surface area contributed by atoms with Crippen LogP contribution in [0.25, 0.3) is 10.8 Å². The monoisotopic (exact) mass is 441 g/mol. The molecular weight excluding hydrogens is 428 g/mol. The third-order valence-corrected chi connectivity index (χ3v) is 4.31. The molecule has 0 atom stereocenters. The summed E-state index contributed by atoms with van der Waals surface area (Å²) in [4.78, 5) is 22.0. The van der Waals surface area contributed by atoms with Gasteiger partial charge in [0.2, 0.25) is 0 Å². The van der Waals surface area contributed by atoms with Crippen LogP contribution in [-0.2, 0) is 4.79 Å². The highest BCUT2D eigenvalue weighted by atomic mass is 79.9. The van der Waals surface area contributed by atoms with Crippen molar-refractivity contribution in [3.05, 3.63) is 74.7 Å². The number of fused-ring (bicyclic) bond motifs is 1. The van der Waals surface area contributed by atoms with E-state index in [1.807, 2.05) is 42.5 Å². The van der Waals surface area contributed by atoms with Crippen molar-refractivity contribution in [2.45, 2.75) is 0 Å². The Morgan fingerprint density at radius 3 is 2.64 bits per heavy atom. The van der Waals surface area contributed by atoms with Crippen molar-refractivity contribution in [3.63, 3.8) is 0 Å². The lowest BCUT2D eigenvalue weighted by atomic mass is 10.1. The van der Waals surface area contributed by atoms with Crippen molar-refractivity contribution in [1.29, 1.82) is 0 Å². The van der Waals surface area contributed by atoms with Crippen LogP contribution in [0.4, 0.5) is 11.4 Å². The van der Waals surface area contributed by atoms with Crippen LogP contribution in [0.2, 0.25) is 0 Å². The molecule has 0 spiro atoms. The third-order valence-electron chi connectivity index (χ3n) is 3.85. The molecule has 0 aliphatic heterocycles. The fourth-order valence-electron chi connectivity index (χ4n) is 2.53. The van der Waals surface area contributed by atoms with Crippen molar-refractivity contribution in [1.82, 2.24) is 5.43 Å². The average molecular weight is 442 g/mol. The first-order valence-electron chi connectivity index (χ1n) is 8.13. The number of halogens is 1. The van der Waals surface area contributed by atoms with Gasteiger partial charge in [0.25, 0.3) is 11.6 Å². The van der Waals surface area contributed by atoms with Gasteiger partial charge in [-0.15, -0.1) is 0 Å². The number of carbonyl (C=O) groups excluding carboxylic acids is 1. The van der Waals surface area contributed by atoms with Crippen LogP contribution in [-0.4, -0.2) is 23.6 Å². The van der Waals surface area contributed by atoms with Gasteiger partial charge < -0.3 is 10.4 Å². The van der Waals surface area contributed by atoms with Crippen LogP contribution >= 0.6 is 15.9 Å². The number of hydrogen-bond acceptors (Lipinski definition) is 6. The minimum atomic E-state index is -0.777. The van der Waals surface area contributed by atoms with Crippen LogP contribution in [0, 0.1) is 10.1 Å². The Morgan fingerprint density at radius 1 is 1.14 bits per heavy atom. The van der Waals surface area contributed by atoms with Gasteiger partial charge in [-0.3, -0.25) is 14.9 Å². The summed E-state index contributed by atoms with van der Waals surface area (Å²) >= 11 is 3.10. The lowest BCUT2D eigenvalue weighted by Crippen LogP contribution is -2.25. The Balaban J connectivity index is 1.60. The van der Waals surface area contributed by atoms with E-state index in [9.17, 15) is 20.0 Å². The maximum atomic E-state index is 12.0. The van der Waals surface area contributed by atoms with Gasteiger partial charge in [0, 0.05) is 16.2 Å². The molecule has 0 unspecified atom stereocenters. The number of amides is 1. The zero-order valence-electron chi connectivity index (χ0n) is 14.4. The third kappa shape index (κ3) is 4.63. The van der Waals surface area contributed by atoms with Gasteiger partial charge in [-0.25, -0.2) is 5.43 Å². The Kier molecular flexibility index (Phi) is 5.85. The summed E-state index contributed by atoms with van der Waals surface area (Å²) in [6.07, 6.45) is 1.08. The summed E-state index contributed by atoms with van der Waals surface area (Å²) in [6, 6.07) is 16.1. The Hall–Kier alpha value is -3.46. The van der Waals surface area contributed by atoms with Crippen LogP contribution in [0.1, 0.15) is 5.56 Å². The lowest BCUT2D eigenvalue weighted by molar-refractivity contribution is -0.398. The largest absolute Gasteiger partial charge is 0.867 e. The van der Waals surface area contributed by atoms with Crippen molar-refractivity contribution in [3.8, 4) is 5.75 Å². The molecule has 3 rings (SSSR count). The summed E-state index contributed by atoms with van der Waals surface area (Å²) in [5.41, 5.74) is 2.48. The molecule has 0 aliphatic carbocycles. The van der Waals surface area contributed by atoms with Gasteiger partial charge in [0.1, 0.15) is 0 Å². The Labute approximate surface area is 168 Å². The van der Waals surface area contributed by atoms with Gasteiger partial charge in [-0.1, -0.05) is 46.3 Å². The molecule has 0 heterocycles. The number of hydrazone groups is 1. The standard InChI is InChI=1S/C19H15BrN4O4/c20-15-7-14(19(26)17(9-15)24(27)28)10-22-23-18(25)11-21-16-6-5-12-3-1-2-4-13(12)8-16/h1-10,21,26H,11H2,(H,23,25)/p-1/b22-10-. The van der Waals surface area contributed by atoms with Gasteiger partial charge in [-0.2, -0.15) is 5.10 Å². The Bertz CT molecular complexity index is 1080. The summed E-state index contributed by atoms with van der Waals surface area (Å²) < 4.78 is 0.365. The number of nitrogens with one attached hydrogen (secondary N) is 2. The molecular formula is C19H14BrN4O4-. The van der Waals surface area contributed by atoms with E-state index in [0.29, 0.717) is 4.47 Å². The van der Waals surface area contributed by atoms with Crippen molar-refractivity contribution >= 4 is 50.2 Å². The number of anilines is 1. The second-order valence-corrected chi connectivity index (χ2v) is 6.72. The smallest absolute Gasteiger partial charge is 0.263 e. The predicted octanol–water partition coefficient (Wildman–Crippen LogP) is 3.15. The first kappa shape index (κ1) is 19.3. The molecule has 0 fully saturated rings. The highest BCUT2D eigenvalue weighted by Crippen LogP contribution is 2.30. The quantitative estimate of drug-likeness (QED) is 0.345. The first-order chi connectivity index (χ1) is 13.4. The van der Waals surface area contributed by atoms with Crippen LogP contribution in [0.15, 0.2) is 64.2 Å². The van der Waals surface area contributed by atoms with E-state index in [0.717, 1.165) is 28.7 Å². The van der Waals surface area contributed by atoms with E-state index in [-0.39, 0.29) is 12.1 Å². The average Bonchev–Trinajstić information content (AvgIpc) is 2.68. The second kappa shape index (κ2) is 8.49. The molecule has 0 saturated carbocycles. The normalized spacial score (nSPS) is 10.9. The SMILES string of the molecule is O=C(CNc1ccc2ccccc2c1)N/N=C\c1cc(Br)cc([N+](=O)[O-])c1[O-]. The van der Waals surface area contributed by atoms with Crippen LogP contribution in [0.5, 0.6) is 5.75 Å². The minimum Gasteiger partial charge on any atom is -0.867 e. The first-order valence-corrected chi connectivity index (χ1v) is 8.93. The van der Waals surface area contributed by atoms with Crippen molar-refractivity contribution in [2.75, 3.05) is 11.9 Å². The molecule has 0 aliphatic rings. The number of rotatable bonds is 6. The van der Waals surface area contributed by atoms with E-state index in [4.69, 9.17) is 0 Å². The zero-order valence-corrected chi connectivity index (χ0v) is 16.0. The van der Waals surface area contributed by atoms with E-state index < -0.39 is 22.3 Å². The van der Waals surface area contributed by atoms with E-state index in [1.54, 1.807) is 0 Å². The summed E-state index contributed by atoms with van der Waals surface area (Å²) in [5, 5.41) is 31.7. The molecule has 142 valence electrons. The van der Waals surface area contributed by atoms with Gasteiger partial charge in [0.05, 0.1) is 17.7 Å². The summed E-state index contributed by atoms with van der Waals surface area (Å²) in [6.45, 7) is -0.0292. The fraction of sp³-hybridized carbons (Fsp3) is 0.0526. The van der Waals surface area contributed by atoms with Gasteiger partial charge in [0.15, 0.2) is 0 Å². The second-order valence-electron chi connectivity index (χ2n) is 5.81. The van der Waals surface area contributed by atoms with Crippen molar-refractivity contribution < 1.29 is 14.8 Å². The maximum Gasteiger partial charge on any atom is 0.263 e. The van der Waals surface area contributed by atoms with E-state index in [2.05, 4.69) is 31.8 Å². The molecule has 9 heteroatoms. The van der Waals surface area contributed by atoms with E-state index >= 15 is 0 Å². The van der Waals surface area contributed by atoms with Gasteiger partial charge >= 0.3 is 0 Å². The molecule has 3 aromatic carbocycles. The molecule has 0 aromatic heterocycles. The number of hydrogen-bond donors (Lipinski definition) is 2. The molecule has 8 nitrogen and oxygen atoms in total. The van der Waals surface area contributed by atoms with Crippen LogP contribution in [0.3, 0.4) is 0 Å². The molecule has 3 aromatic rings. The molecule has 1 amide bonds. The molecule has 0 saturated heterocycles. The highest BCUT2D eigenvalue weighted by molar-refractivity contribution is 9.10. The van der Waals surface area contributed by atoms with Crippen LogP contribution < -0.4 is 15.8 Å². The number of nitrogens with zero attached hydrogens (tertiary/aromatic N) is 2. The molecule has 0 bridgehead atoms. The fourth-order valence-corrected chi connectivity index (χ4v) is 2.99. The van der Waals surface area contributed by atoms with Gasteiger partial charge in [-0.05, 0) is 40.3 Å². The summed E-state index contributed by atoms with van der Waals surface area (Å²) in [5.74, 6) is -1.21. The number of carbonyl (C=O) groups is 1. The Morgan fingerprint density at radius 2 is 1.89 bits per heavy atom. The number of nitro benzene ring substituents is 1. The number of nitro groups is 1. The van der Waals surface area contributed by atoms with Crippen molar-refractivity contribution in [2.24, 2.45) is 5.10 Å². The predicted molar refractivity (Wildman–Crippen MR) is 108 cm³/mol. The highest BCUT2D eigenvalue weighted by Gasteiger charge is 2.11. The lowest BCUT2D eigenvalue weighted by Gasteiger charge is -2.11. The number of benzene rings is 3. The zero-order chi connectivity index (χ0) is 20.1. The molecule has 0 radical (unpaired) electrons.